The minimum Gasteiger partial charge on any atom is -0.459 e. The minimum absolute atomic E-state index is 0.186. The van der Waals surface area contributed by atoms with Crippen LogP contribution >= 0.6 is 0 Å². The van der Waals surface area contributed by atoms with Gasteiger partial charge in [-0.15, -0.1) is 6.58 Å². The van der Waals surface area contributed by atoms with E-state index in [2.05, 4.69) is 31.8 Å². The number of ether oxygens (including phenoxy) is 1. The van der Waals surface area contributed by atoms with E-state index in [4.69, 9.17) is 9.15 Å². The molecule has 3 nitrogen and oxygen atoms in total. The predicted molar refractivity (Wildman–Crippen MR) is 83.0 cm³/mol. The summed E-state index contributed by atoms with van der Waals surface area (Å²) in [5.41, 5.74) is 2.17. The highest BCUT2D eigenvalue weighted by Gasteiger charge is 2.15. The zero-order chi connectivity index (χ0) is 14.4. The second-order valence-electron chi connectivity index (χ2n) is 4.95. The Kier molecular flexibility index (Phi) is 5.39. The van der Waals surface area contributed by atoms with E-state index in [9.17, 15) is 0 Å². The van der Waals surface area contributed by atoms with Gasteiger partial charge >= 0.3 is 0 Å². The summed E-state index contributed by atoms with van der Waals surface area (Å²) in [7, 11) is 0. The summed E-state index contributed by atoms with van der Waals surface area (Å²) in [6, 6.07) is 8.34. The van der Waals surface area contributed by atoms with Crippen molar-refractivity contribution in [2.24, 2.45) is 0 Å². The molecule has 0 aliphatic heterocycles. The average molecular weight is 273 g/mol. The third kappa shape index (κ3) is 3.50. The van der Waals surface area contributed by atoms with Crippen LogP contribution in [0.3, 0.4) is 0 Å². The van der Waals surface area contributed by atoms with Gasteiger partial charge in [0.05, 0.1) is 19.3 Å². The van der Waals surface area contributed by atoms with Crippen LogP contribution < -0.4 is 5.32 Å². The van der Waals surface area contributed by atoms with E-state index >= 15 is 0 Å². The van der Waals surface area contributed by atoms with Crippen molar-refractivity contribution in [1.29, 1.82) is 0 Å². The molecule has 0 spiro atoms. The molecule has 2 aromatic rings. The maximum absolute atomic E-state index is 5.94. The lowest BCUT2D eigenvalue weighted by Crippen LogP contribution is -2.23. The number of para-hydroxylation sites is 1. The minimum atomic E-state index is 0.186. The fraction of sp³-hybridized carbons (Fsp3) is 0.412. The lowest BCUT2D eigenvalue weighted by Gasteiger charge is -2.12. The molecule has 20 heavy (non-hydrogen) atoms. The highest BCUT2D eigenvalue weighted by Crippen LogP contribution is 2.28. The van der Waals surface area contributed by atoms with E-state index < -0.39 is 0 Å². The van der Waals surface area contributed by atoms with Gasteiger partial charge in [0.1, 0.15) is 11.3 Å². The summed E-state index contributed by atoms with van der Waals surface area (Å²) < 4.78 is 11.4. The van der Waals surface area contributed by atoms with Gasteiger partial charge < -0.3 is 14.5 Å². The van der Waals surface area contributed by atoms with Crippen LogP contribution in [0.4, 0.5) is 0 Å². The Bertz CT molecular complexity index is 559. The van der Waals surface area contributed by atoms with Gasteiger partial charge in [0.2, 0.25) is 0 Å². The number of aryl methyl sites for hydroxylation is 1. The Labute approximate surface area is 120 Å². The third-order valence-electron chi connectivity index (χ3n) is 3.44. The predicted octanol–water partition coefficient (Wildman–Crippen LogP) is 3.98. The summed E-state index contributed by atoms with van der Waals surface area (Å²) in [5.74, 6) is 1.01. The number of benzene rings is 1. The van der Waals surface area contributed by atoms with Crippen LogP contribution in [-0.2, 0) is 4.74 Å². The van der Waals surface area contributed by atoms with E-state index in [1.54, 1.807) is 0 Å². The highest BCUT2D eigenvalue weighted by atomic mass is 16.5. The standard InChI is InChI=1S/C17H23NO2/c1-4-5-11-19-12-10-18-14(3)17-13(2)15-8-6-7-9-16(15)20-17/h4,6-9,14,18H,1,5,10-12H2,2-3H3. The normalized spacial score (nSPS) is 12.7. The molecule has 0 saturated carbocycles. The van der Waals surface area contributed by atoms with Gasteiger partial charge in [-0.3, -0.25) is 0 Å². The zero-order valence-corrected chi connectivity index (χ0v) is 12.3. The molecular formula is C17H23NO2. The molecule has 3 heteroatoms. The molecule has 0 aliphatic rings. The summed E-state index contributed by atoms with van der Waals surface area (Å²) >= 11 is 0. The quantitative estimate of drug-likeness (QED) is 0.583. The van der Waals surface area contributed by atoms with Gasteiger partial charge in [-0.2, -0.15) is 0 Å². The number of furan rings is 1. The van der Waals surface area contributed by atoms with Crippen LogP contribution in [0.2, 0.25) is 0 Å². The molecular weight excluding hydrogens is 250 g/mol. The van der Waals surface area contributed by atoms with E-state index in [-0.39, 0.29) is 6.04 Å². The molecule has 0 radical (unpaired) electrons. The smallest absolute Gasteiger partial charge is 0.134 e. The van der Waals surface area contributed by atoms with Crippen LogP contribution in [-0.4, -0.2) is 19.8 Å². The molecule has 108 valence electrons. The van der Waals surface area contributed by atoms with Crippen LogP contribution in [0.1, 0.15) is 30.7 Å². The summed E-state index contributed by atoms with van der Waals surface area (Å²) in [6.45, 7) is 10.2. The summed E-state index contributed by atoms with van der Waals surface area (Å²) in [5, 5.41) is 4.63. The molecule has 1 aromatic carbocycles. The van der Waals surface area contributed by atoms with Gasteiger partial charge in [0.25, 0.3) is 0 Å². The van der Waals surface area contributed by atoms with Gasteiger partial charge in [-0.1, -0.05) is 24.3 Å². The van der Waals surface area contributed by atoms with Gasteiger partial charge in [0.15, 0.2) is 0 Å². The first-order chi connectivity index (χ1) is 9.74. The average Bonchev–Trinajstić information content (AvgIpc) is 2.80. The molecule has 0 saturated heterocycles. The van der Waals surface area contributed by atoms with Crippen LogP contribution in [0, 0.1) is 6.92 Å². The number of fused-ring (bicyclic) bond motifs is 1. The second kappa shape index (κ2) is 7.27. The molecule has 1 atom stereocenters. The zero-order valence-electron chi connectivity index (χ0n) is 12.3. The van der Waals surface area contributed by atoms with Crippen molar-refractivity contribution < 1.29 is 9.15 Å². The second-order valence-corrected chi connectivity index (χ2v) is 4.95. The monoisotopic (exact) mass is 273 g/mol. The largest absolute Gasteiger partial charge is 0.459 e. The maximum atomic E-state index is 5.94. The van der Waals surface area contributed by atoms with Gasteiger partial charge in [0, 0.05) is 11.9 Å². The maximum Gasteiger partial charge on any atom is 0.134 e. The van der Waals surface area contributed by atoms with Crippen LogP contribution in [0.15, 0.2) is 41.3 Å². The highest BCUT2D eigenvalue weighted by molar-refractivity contribution is 5.82. The fourth-order valence-corrected chi connectivity index (χ4v) is 2.32. The van der Waals surface area contributed by atoms with Crippen molar-refractivity contribution in [3.63, 3.8) is 0 Å². The van der Waals surface area contributed by atoms with Gasteiger partial charge in [-0.05, 0) is 31.9 Å². The van der Waals surface area contributed by atoms with E-state index in [0.29, 0.717) is 6.61 Å². The summed E-state index contributed by atoms with van der Waals surface area (Å²) in [6.07, 6.45) is 2.77. The first-order valence-electron chi connectivity index (χ1n) is 7.14. The number of nitrogens with one attached hydrogen (secondary N) is 1. The lowest BCUT2D eigenvalue weighted by molar-refractivity contribution is 0.138. The molecule has 0 bridgehead atoms. The molecule has 1 heterocycles. The first-order valence-corrected chi connectivity index (χ1v) is 7.14. The molecule has 0 aliphatic carbocycles. The molecule has 2 rings (SSSR count). The number of rotatable bonds is 8. The Balaban J connectivity index is 1.89. The Hall–Kier alpha value is -1.58. The van der Waals surface area contributed by atoms with Crippen molar-refractivity contribution in [2.45, 2.75) is 26.3 Å². The fourth-order valence-electron chi connectivity index (χ4n) is 2.32. The molecule has 0 fully saturated rings. The Morgan fingerprint density at radius 1 is 1.35 bits per heavy atom. The number of hydrogen-bond donors (Lipinski definition) is 1. The lowest BCUT2D eigenvalue weighted by atomic mass is 10.1. The molecule has 0 amide bonds. The topological polar surface area (TPSA) is 34.4 Å². The van der Waals surface area contributed by atoms with Crippen LogP contribution in [0.5, 0.6) is 0 Å². The van der Waals surface area contributed by atoms with Crippen molar-refractivity contribution in [1.82, 2.24) is 5.32 Å². The summed E-state index contributed by atoms with van der Waals surface area (Å²) in [4.78, 5) is 0. The first kappa shape index (κ1) is 14.8. The Morgan fingerprint density at radius 2 is 2.15 bits per heavy atom. The van der Waals surface area contributed by atoms with E-state index in [1.165, 1.54) is 10.9 Å². The molecule has 1 unspecified atom stereocenters. The van der Waals surface area contributed by atoms with Crippen molar-refractivity contribution in [3.05, 3.63) is 48.2 Å². The SMILES string of the molecule is C=CCCOCCNC(C)c1oc2ccccc2c1C. The van der Waals surface area contributed by atoms with Crippen LogP contribution in [0.25, 0.3) is 11.0 Å². The van der Waals surface area contributed by atoms with Gasteiger partial charge in [-0.25, -0.2) is 0 Å². The third-order valence-corrected chi connectivity index (χ3v) is 3.44. The molecule has 1 aromatic heterocycles. The van der Waals surface area contributed by atoms with E-state index in [1.807, 2.05) is 24.3 Å². The van der Waals surface area contributed by atoms with Crippen molar-refractivity contribution >= 4 is 11.0 Å². The van der Waals surface area contributed by atoms with Crippen molar-refractivity contribution in [3.8, 4) is 0 Å². The van der Waals surface area contributed by atoms with Crippen molar-refractivity contribution in [2.75, 3.05) is 19.8 Å². The van der Waals surface area contributed by atoms with E-state index in [0.717, 1.165) is 30.9 Å². The molecule has 1 N–H and O–H groups in total. The number of hydrogen-bond acceptors (Lipinski definition) is 3. The Morgan fingerprint density at radius 3 is 2.90 bits per heavy atom.